The Bertz CT molecular complexity index is 1300. The lowest BCUT2D eigenvalue weighted by molar-refractivity contribution is -0.119. The van der Waals surface area contributed by atoms with Gasteiger partial charge in [-0.2, -0.15) is 0 Å². The largest absolute Gasteiger partial charge is 0.497 e. The fraction of sp³-hybridized carbons (Fsp3) is 0.312. The quantitative estimate of drug-likeness (QED) is 0.354. The highest BCUT2D eigenvalue weighted by Gasteiger charge is 2.41. The average Bonchev–Trinajstić information content (AvgIpc) is 3.08. The number of amides is 1. The molecule has 5 heteroatoms. The molecular formula is C32H34N2O3. The van der Waals surface area contributed by atoms with E-state index in [1.54, 1.807) is 7.11 Å². The van der Waals surface area contributed by atoms with Crippen molar-refractivity contribution in [3.8, 4) is 5.75 Å². The number of hydrogen-bond acceptors (Lipinski definition) is 4. The van der Waals surface area contributed by atoms with Crippen molar-refractivity contribution in [3.63, 3.8) is 0 Å². The highest BCUT2D eigenvalue weighted by Crippen LogP contribution is 2.47. The monoisotopic (exact) mass is 494 g/mol. The number of unbranched alkanes of at least 4 members (excludes halogenated alkanes) is 2. The van der Waals surface area contributed by atoms with Crippen LogP contribution in [0.1, 0.15) is 68.5 Å². The van der Waals surface area contributed by atoms with Gasteiger partial charge in [-0.25, -0.2) is 0 Å². The normalized spacial score (nSPS) is 19.0. The van der Waals surface area contributed by atoms with Gasteiger partial charge in [0.2, 0.25) is 5.91 Å². The highest BCUT2D eigenvalue weighted by atomic mass is 16.5. The van der Waals surface area contributed by atoms with Crippen LogP contribution in [-0.4, -0.2) is 18.8 Å². The number of anilines is 2. The van der Waals surface area contributed by atoms with Crippen molar-refractivity contribution in [1.82, 2.24) is 0 Å². The lowest BCUT2D eigenvalue weighted by Gasteiger charge is -2.35. The molecule has 1 N–H and O–H groups in total. The second-order valence-electron chi connectivity index (χ2n) is 9.87. The smallest absolute Gasteiger partial charge is 0.227 e. The third-order valence-corrected chi connectivity index (χ3v) is 7.45. The Kier molecular flexibility index (Phi) is 7.40. The molecule has 3 aromatic carbocycles. The molecule has 1 aliphatic heterocycles. The average molecular weight is 495 g/mol. The molecule has 0 saturated heterocycles. The van der Waals surface area contributed by atoms with Gasteiger partial charge in [-0.15, -0.1) is 0 Å². The summed E-state index contributed by atoms with van der Waals surface area (Å²) in [6.07, 6.45) is 4.45. The Labute approximate surface area is 219 Å². The molecular weight excluding hydrogens is 460 g/mol. The molecule has 37 heavy (non-hydrogen) atoms. The van der Waals surface area contributed by atoms with Crippen LogP contribution in [0.25, 0.3) is 0 Å². The number of nitrogens with one attached hydrogen (secondary N) is 1. The summed E-state index contributed by atoms with van der Waals surface area (Å²) in [5, 5.41) is 3.61. The molecule has 1 aliphatic carbocycles. The molecule has 5 nitrogen and oxygen atoms in total. The maximum atomic E-state index is 14.0. The van der Waals surface area contributed by atoms with E-state index in [1.807, 2.05) is 71.6 Å². The van der Waals surface area contributed by atoms with Crippen LogP contribution in [0.2, 0.25) is 0 Å². The van der Waals surface area contributed by atoms with Gasteiger partial charge in [-0.3, -0.25) is 14.5 Å². The van der Waals surface area contributed by atoms with Crippen molar-refractivity contribution in [2.45, 2.75) is 57.4 Å². The van der Waals surface area contributed by atoms with E-state index in [4.69, 9.17) is 4.74 Å². The maximum absolute atomic E-state index is 14.0. The van der Waals surface area contributed by atoms with E-state index < -0.39 is 6.04 Å². The first kappa shape index (κ1) is 24.8. The van der Waals surface area contributed by atoms with Crippen LogP contribution >= 0.6 is 0 Å². The van der Waals surface area contributed by atoms with Crippen LogP contribution in [-0.2, 0) is 9.59 Å². The standard InChI is InChI=1S/C32H34N2O3/c1-3-4-6-15-30(36)34-28-14-10-9-13-26(28)33-27-20-24(22-11-7-5-8-12-22)21-29(35)31(27)32(34)23-16-18-25(37-2)19-17-23/h5,7-14,16-19,24,32-33H,3-4,6,15,20-21H2,1-2H3. The summed E-state index contributed by atoms with van der Waals surface area (Å²) >= 11 is 0. The van der Waals surface area contributed by atoms with Gasteiger partial charge in [0.25, 0.3) is 0 Å². The van der Waals surface area contributed by atoms with Gasteiger partial charge in [0.1, 0.15) is 5.75 Å². The van der Waals surface area contributed by atoms with Gasteiger partial charge in [0.05, 0.1) is 24.5 Å². The molecule has 2 unspecified atom stereocenters. The first-order valence-electron chi connectivity index (χ1n) is 13.2. The van der Waals surface area contributed by atoms with Gasteiger partial charge in [-0.1, -0.05) is 74.4 Å². The fourth-order valence-electron chi connectivity index (χ4n) is 5.57. The number of Topliss-reactive ketones (excluding diaryl/α,β-unsaturated/α-hetero) is 1. The van der Waals surface area contributed by atoms with E-state index in [0.717, 1.165) is 53.2 Å². The minimum absolute atomic E-state index is 0.0373. The second kappa shape index (κ2) is 11.0. The van der Waals surface area contributed by atoms with Crippen LogP contribution in [0.5, 0.6) is 5.75 Å². The summed E-state index contributed by atoms with van der Waals surface area (Å²) in [5.41, 5.74) is 5.33. The summed E-state index contributed by atoms with van der Waals surface area (Å²) in [4.78, 5) is 29.8. The third-order valence-electron chi connectivity index (χ3n) is 7.45. The van der Waals surface area contributed by atoms with Crippen LogP contribution in [0.3, 0.4) is 0 Å². The molecule has 0 spiro atoms. The number of allylic oxidation sites excluding steroid dienone is 1. The number of hydrogen-bond donors (Lipinski definition) is 1. The number of benzene rings is 3. The summed E-state index contributed by atoms with van der Waals surface area (Å²) in [5.74, 6) is 0.957. The molecule has 0 aromatic heterocycles. The van der Waals surface area contributed by atoms with Crippen molar-refractivity contribution in [3.05, 3.63) is 101 Å². The number of ether oxygens (including phenoxy) is 1. The number of ketones is 1. The summed E-state index contributed by atoms with van der Waals surface area (Å²) in [6.45, 7) is 2.14. The first-order valence-corrected chi connectivity index (χ1v) is 13.2. The molecule has 1 heterocycles. The maximum Gasteiger partial charge on any atom is 0.227 e. The first-order chi connectivity index (χ1) is 18.1. The Morgan fingerprint density at radius 1 is 0.919 bits per heavy atom. The lowest BCUT2D eigenvalue weighted by Crippen LogP contribution is -2.38. The molecule has 0 radical (unpaired) electrons. The van der Waals surface area contributed by atoms with E-state index in [0.29, 0.717) is 24.8 Å². The highest BCUT2D eigenvalue weighted by molar-refractivity contribution is 6.06. The van der Waals surface area contributed by atoms with Crippen LogP contribution in [0.4, 0.5) is 11.4 Å². The summed E-state index contributed by atoms with van der Waals surface area (Å²) in [7, 11) is 1.64. The predicted molar refractivity (Wildman–Crippen MR) is 148 cm³/mol. The van der Waals surface area contributed by atoms with Crippen molar-refractivity contribution >= 4 is 23.1 Å². The van der Waals surface area contributed by atoms with E-state index >= 15 is 0 Å². The molecule has 0 bridgehead atoms. The summed E-state index contributed by atoms with van der Waals surface area (Å²) in [6, 6.07) is 25.4. The van der Waals surface area contributed by atoms with Crippen molar-refractivity contribution < 1.29 is 14.3 Å². The van der Waals surface area contributed by atoms with Crippen LogP contribution in [0.15, 0.2) is 90.1 Å². The fourth-order valence-corrected chi connectivity index (χ4v) is 5.57. The third kappa shape index (κ3) is 5.04. The van der Waals surface area contributed by atoms with E-state index in [2.05, 4.69) is 24.4 Å². The SMILES string of the molecule is CCCCCC(=O)N1c2ccccc2NC2=C(C(=O)CC(c3ccccc3)C2)C1c1ccc(OC)cc1. The summed E-state index contributed by atoms with van der Waals surface area (Å²) < 4.78 is 5.40. The molecule has 3 aromatic rings. The molecule has 2 atom stereocenters. The molecule has 0 saturated carbocycles. The number of para-hydroxylation sites is 2. The van der Waals surface area contributed by atoms with Gasteiger partial charge in [-0.05, 0) is 54.2 Å². The Morgan fingerprint density at radius 3 is 2.38 bits per heavy atom. The zero-order valence-corrected chi connectivity index (χ0v) is 21.6. The van der Waals surface area contributed by atoms with E-state index in [9.17, 15) is 9.59 Å². The molecule has 190 valence electrons. The molecule has 1 amide bonds. The van der Waals surface area contributed by atoms with Crippen LogP contribution < -0.4 is 15.0 Å². The van der Waals surface area contributed by atoms with E-state index in [-0.39, 0.29) is 17.6 Å². The molecule has 0 fully saturated rings. The topological polar surface area (TPSA) is 58.6 Å². The van der Waals surface area contributed by atoms with Crippen molar-refractivity contribution in [2.75, 3.05) is 17.3 Å². The zero-order valence-electron chi connectivity index (χ0n) is 21.6. The van der Waals surface area contributed by atoms with Gasteiger partial charge < -0.3 is 10.1 Å². The number of nitrogens with zero attached hydrogens (tertiary/aromatic N) is 1. The van der Waals surface area contributed by atoms with E-state index in [1.165, 1.54) is 0 Å². The molecule has 2 aliphatic rings. The Balaban J connectivity index is 1.66. The zero-order chi connectivity index (χ0) is 25.8. The predicted octanol–water partition coefficient (Wildman–Crippen LogP) is 7.18. The number of rotatable bonds is 7. The Hall–Kier alpha value is -3.86. The minimum Gasteiger partial charge on any atom is -0.497 e. The Morgan fingerprint density at radius 2 is 1.65 bits per heavy atom. The lowest BCUT2D eigenvalue weighted by atomic mass is 9.78. The number of carbonyl (C=O) groups is 2. The van der Waals surface area contributed by atoms with Gasteiger partial charge >= 0.3 is 0 Å². The van der Waals surface area contributed by atoms with Gasteiger partial charge in [0, 0.05) is 24.1 Å². The van der Waals surface area contributed by atoms with Crippen molar-refractivity contribution in [2.24, 2.45) is 0 Å². The minimum atomic E-state index is -0.504. The number of methoxy groups -OCH3 is 1. The molecule has 5 rings (SSSR count). The van der Waals surface area contributed by atoms with Crippen molar-refractivity contribution in [1.29, 1.82) is 0 Å². The van der Waals surface area contributed by atoms with Gasteiger partial charge in [0.15, 0.2) is 5.78 Å². The number of carbonyl (C=O) groups excluding carboxylic acids is 2. The second-order valence-corrected chi connectivity index (χ2v) is 9.87. The number of fused-ring (bicyclic) bond motifs is 1. The van der Waals surface area contributed by atoms with Crippen LogP contribution in [0, 0.1) is 0 Å².